The molecule has 7 heteroatoms. The molecule has 1 atom stereocenters. The maximum absolute atomic E-state index is 13.8. The fourth-order valence-electron chi connectivity index (χ4n) is 3.39. The molecule has 3 nitrogen and oxygen atoms in total. The third-order valence-electron chi connectivity index (χ3n) is 4.65. The standard InChI is InChI=1S/C20H20ClF3O3/c1-18(2,25)8-5-9-27-12-10-15-17(16(21)11-12)13-6-3-4-7-14(13)19(15,26)20(22,23)24/h3-4,6-7,10-11,25-26H,5,8-9H2,1-2H3/t19-/m1/s1. The van der Waals surface area contributed by atoms with Crippen molar-refractivity contribution in [3.8, 4) is 16.9 Å². The van der Waals surface area contributed by atoms with Crippen LogP contribution >= 0.6 is 11.6 Å². The molecule has 0 saturated carbocycles. The molecule has 2 aromatic rings. The Morgan fingerprint density at radius 2 is 1.78 bits per heavy atom. The fraction of sp³-hybridized carbons (Fsp3) is 0.400. The van der Waals surface area contributed by atoms with E-state index in [4.69, 9.17) is 16.3 Å². The monoisotopic (exact) mass is 400 g/mol. The van der Waals surface area contributed by atoms with Crippen LogP contribution in [0.1, 0.15) is 37.8 Å². The predicted octanol–water partition coefficient (Wildman–Crippen LogP) is 5.05. The van der Waals surface area contributed by atoms with Crippen LogP contribution in [0.2, 0.25) is 5.02 Å². The summed E-state index contributed by atoms with van der Waals surface area (Å²) in [7, 11) is 0. The van der Waals surface area contributed by atoms with E-state index in [9.17, 15) is 23.4 Å². The zero-order valence-corrected chi connectivity index (χ0v) is 15.7. The summed E-state index contributed by atoms with van der Waals surface area (Å²) in [5.74, 6) is 0.143. The summed E-state index contributed by atoms with van der Waals surface area (Å²) >= 11 is 6.27. The van der Waals surface area contributed by atoms with Crippen LogP contribution < -0.4 is 4.74 Å². The van der Waals surface area contributed by atoms with Crippen LogP contribution in [0.5, 0.6) is 5.75 Å². The number of alkyl halides is 3. The van der Waals surface area contributed by atoms with Gasteiger partial charge in [0.2, 0.25) is 5.60 Å². The van der Waals surface area contributed by atoms with Gasteiger partial charge in [-0.05, 0) is 44.4 Å². The van der Waals surface area contributed by atoms with E-state index >= 15 is 0 Å². The van der Waals surface area contributed by atoms with E-state index in [-0.39, 0.29) is 39.6 Å². The number of fused-ring (bicyclic) bond motifs is 3. The van der Waals surface area contributed by atoms with E-state index < -0.39 is 17.4 Å². The Balaban J connectivity index is 1.99. The lowest BCUT2D eigenvalue weighted by Gasteiger charge is -2.28. The minimum absolute atomic E-state index is 0.0811. The largest absolute Gasteiger partial charge is 0.494 e. The molecule has 0 unspecified atom stereocenters. The van der Waals surface area contributed by atoms with E-state index in [0.717, 1.165) is 0 Å². The first kappa shape index (κ1) is 20.0. The first-order valence-electron chi connectivity index (χ1n) is 8.53. The van der Waals surface area contributed by atoms with Crippen LogP contribution in [0.15, 0.2) is 36.4 Å². The second kappa shape index (κ2) is 6.69. The van der Waals surface area contributed by atoms with Crippen molar-refractivity contribution >= 4 is 11.6 Å². The molecule has 0 saturated heterocycles. The third kappa shape index (κ3) is 3.53. The zero-order chi connectivity index (χ0) is 20.0. The quantitative estimate of drug-likeness (QED) is 0.690. The van der Waals surface area contributed by atoms with E-state index in [1.807, 2.05) is 0 Å². The summed E-state index contributed by atoms with van der Waals surface area (Å²) in [5.41, 5.74) is -4.15. The topological polar surface area (TPSA) is 49.7 Å². The second-order valence-electron chi connectivity index (χ2n) is 7.35. The van der Waals surface area contributed by atoms with Gasteiger partial charge in [-0.2, -0.15) is 13.2 Å². The number of hydrogen-bond donors (Lipinski definition) is 2. The predicted molar refractivity (Wildman–Crippen MR) is 97.0 cm³/mol. The molecule has 0 bridgehead atoms. The second-order valence-corrected chi connectivity index (χ2v) is 7.75. The molecule has 1 aliphatic rings. The van der Waals surface area contributed by atoms with Crippen LogP contribution in [-0.4, -0.2) is 28.6 Å². The summed E-state index contributed by atoms with van der Waals surface area (Å²) in [4.78, 5) is 0. The van der Waals surface area contributed by atoms with Gasteiger partial charge in [0.05, 0.1) is 17.2 Å². The molecule has 2 N–H and O–H groups in total. The summed E-state index contributed by atoms with van der Waals surface area (Å²) < 4.78 is 47.1. The fourth-order valence-corrected chi connectivity index (χ4v) is 3.70. The Morgan fingerprint density at radius 3 is 2.41 bits per heavy atom. The lowest BCUT2D eigenvalue weighted by molar-refractivity contribution is -0.246. The molecule has 27 heavy (non-hydrogen) atoms. The molecule has 0 amide bonds. The molecule has 0 fully saturated rings. The summed E-state index contributed by atoms with van der Waals surface area (Å²) in [6.07, 6.45) is -3.93. The van der Waals surface area contributed by atoms with Crippen LogP contribution in [-0.2, 0) is 5.60 Å². The number of hydrogen-bond acceptors (Lipinski definition) is 3. The maximum atomic E-state index is 13.8. The Labute approximate surface area is 160 Å². The number of halogens is 4. The molecule has 0 radical (unpaired) electrons. The Hall–Kier alpha value is -1.76. The molecular formula is C20H20ClF3O3. The lowest BCUT2D eigenvalue weighted by Crippen LogP contribution is -2.41. The van der Waals surface area contributed by atoms with Gasteiger partial charge in [-0.25, -0.2) is 0 Å². The summed E-state index contributed by atoms with van der Waals surface area (Å²) in [5, 5.41) is 20.5. The number of ether oxygens (including phenoxy) is 1. The van der Waals surface area contributed by atoms with Crippen molar-refractivity contribution < 1.29 is 28.1 Å². The molecular weight excluding hydrogens is 381 g/mol. The highest BCUT2D eigenvalue weighted by Crippen LogP contribution is 2.57. The first-order chi connectivity index (χ1) is 12.4. The third-order valence-corrected chi connectivity index (χ3v) is 4.95. The van der Waals surface area contributed by atoms with Gasteiger partial charge in [0.1, 0.15) is 5.75 Å². The molecule has 1 aliphatic carbocycles. The minimum atomic E-state index is -4.92. The van der Waals surface area contributed by atoms with Crippen molar-refractivity contribution in [3.05, 3.63) is 52.5 Å². The van der Waals surface area contributed by atoms with Crippen LogP contribution in [0.3, 0.4) is 0 Å². The van der Waals surface area contributed by atoms with Gasteiger partial charge in [0.25, 0.3) is 0 Å². The van der Waals surface area contributed by atoms with Crippen molar-refractivity contribution in [1.29, 1.82) is 0 Å². The van der Waals surface area contributed by atoms with E-state index in [2.05, 4.69) is 0 Å². The van der Waals surface area contributed by atoms with Gasteiger partial charge in [-0.15, -0.1) is 0 Å². The molecule has 0 aliphatic heterocycles. The summed E-state index contributed by atoms with van der Waals surface area (Å²) in [6, 6.07) is 8.45. The highest BCUT2D eigenvalue weighted by atomic mass is 35.5. The van der Waals surface area contributed by atoms with Gasteiger partial charge in [-0.1, -0.05) is 35.9 Å². The van der Waals surface area contributed by atoms with E-state index in [1.54, 1.807) is 19.9 Å². The molecule has 146 valence electrons. The van der Waals surface area contributed by atoms with Gasteiger partial charge in [0, 0.05) is 16.7 Å². The van der Waals surface area contributed by atoms with Crippen molar-refractivity contribution in [2.75, 3.05) is 6.61 Å². The van der Waals surface area contributed by atoms with E-state index in [1.165, 1.54) is 30.3 Å². The molecule has 0 aromatic heterocycles. The molecule has 3 rings (SSSR count). The average Bonchev–Trinajstić information content (AvgIpc) is 2.82. The first-order valence-corrected chi connectivity index (χ1v) is 8.91. The van der Waals surface area contributed by atoms with Crippen molar-refractivity contribution in [2.45, 2.75) is 44.1 Å². The SMILES string of the molecule is CC(C)(O)CCCOc1cc(Cl)c2c(c1)[C@@](O)(C(F)(F)F)c1ccccc1-2. The van der Waals surface area contributed by atoms with Crippen LogP contribution in [0.4, 0.5) is 13.2 Å². The Morgan fingerprint density at radius 1 is 1.11 bits per heavy atom. The number of aliphatic hydroxyl groups is 2. The minimum Gasteiger partial charge on any atom is -0.494 e. The summed E-state index contributed by atoms with van der Waals surface area (Å²) in [6.45, 7) is 3.54. The van der Waals surface area contributed by atoms with Crippen LogP contribution in [0, 0.1) is 0 Å². The normalized spacial score (nSPS) is 19.0. The molecule has 2 aromatic carbocycles. The van der Waals surface area contributed by atoms with Crippen molar-refractivity contribution in [2.24, 2.45) is 0 Å². The van der Waals surface area contributed by atoms with Gasteiger partial charge >= 0.3 is 6.18 Å². The smallest absolute Gasteiger partial charge is 0.425 e. The van der Waals surface area contributed by atoms with Gasteiger partial charge in [-0.3, -0.25) is 0 Å². The molecule has 0 spiro atoms. The number of benzene rings is 2. The maximum Gasteiger partial charge on any atom is 0.425 e. The Kier molecular flexibility index (Phi) is 4.95. The molecule has 0 heterocycles. The Bertz CT molecular complexity index is 859. The lowest BCUT2D eigenvalue weighted by atomic mass is 9.90. The van der Waals surface area contributed by atoms with Gasteiger partial charge in [0.15, 0.2) is 0 Å². The van der Waals surface area contributed by atoms with Crippen molar-refractivity contribution in [3.63, 3.8) is 0 Å². The highest BCUT2D eigenvalue weighted by Gasteiger charge is 2.61. The average molecular weight is 401 g/mol. The number of rotatable bonds is 5. The van der Waals surface area contributed by atoms with Gasteiger partial charge < -0.3 is 14.9 Å². The van der Waals surface area contributed by atoms with Crippen LogP contribution in [0.25, 0.3) is 11.1 Å². The zero-order valence-electron chi connectivity index (χ0n) is 14.9. The van der Waals surface area contributed by atoms with E-state index in [0.29, 0.717) is 12.8 Å². The van der Waals surface area contributed by atoms with Crippen molar-refractivity contribution in [1.82, 2.24) is 0 Å². The highest BCUT2D eigenvalue weighted by molar-refractivity contribution is 6.34.